The Hall–Kier alpha value is -1.36. The molecular formula is C15H27N3O2. The minimum absolute atomic E-state index is 0.383. The monoisotopic (exact) mass is 281 g/mol. The smallest absolute Gasteiger partial charge is 0.253 e. The molecule has 0 aliphatic rings. The van der Waals surface area contributed by atoms with Gasteiger partial charge in [-0.2, -0.15) is 0 Å². The highest BCUT2D eigenvalue weighted by atomic mass is 16.2. The van der Waals surface area contributed by atoms with E-state index in [0.29, 0.717) is 17.9 Å². The fraction of sp³-hybridized carbons (Fsp3) is 0.733. The first-order valence-corrected chi connectivity index (χ1v) is 7.54. The lowest BCUT2D eigenvalue weighted by molar-refractivity contribution is 0.590. The number of unbranched alkanes of at least 4 members (excludes halogenated alkanes) is 3. The Morgan fingerprint density at radius 3 is 2.25 bits per heavy atom. The van der Waals surface area contributed by atoms with Crippen LogP contribution >= 0.6 is 0 Å². The Labute approximate surface area is 121 Å². The molecule has 1 aromatic rings. The summed E-state index contributed by atoms with van der Waals surface area (Å²) in [7, 11) is 3.55. The van der Waals surface area contributed by atoms with Crippen LogP contribution in [0.15, 0.2) is 9.59 Å². The van der Waals surface area contributed by atoms with Crippen LogP contribution in [0.2, 0.25) is 0 Å². The van der Waals surface area contributed by atoms with E-state index in [1.807, 2.05) is 0 Å². The van der Waals surface area contributed by atoms with Crippen LogP contribution in [0.5, 0.6) is 0 Å². The third-order valence-electron chi connectivity index (χ3n) is 3.37. The van der Waals surface area contributed by atoms with Crippen LogP contribution < -0.4 is 26.4 Å². The van der Waals surface area contributed by atoms with E-state index in [4.69, 9.17) is 0 Å². The van der Waals surface area contributed by atoms with E-state index in [1.54, 1.807) is 19.0 Å². The molecule has 0 fully saturated rings. The molecule has 0 aliphatic carbocycles. The number of anilines is 2. The number of nitrogens with zero attached hydrogens (tertiary/aromatic N) is 1. The number of hydrogen-bond acceptors (Lipinski definition) is 5. The van der Waals surface area contributed by atoms with E-state index >= 15 is 0 Å². The van der Waals surface area contributed by atoms with Crippen molar-refractivity contribution in [2.75, 3.05) is 43.9 Å². The fourth-order valence-corrected chi connectivity index (χ4v) is 2.20. The van der Waals surface area contributed by atoms with Gasteiger partial charge in [0.25, 0.3) is 10.9 Å². The molecule has 5 heteroatoms. The molecule has 2 N–H and O–H groups in total. The minimum atomic E-state index is -0.388. The molecule has 5 nitrogen and oxygen atoms in total. The maximum absolute atomic E-state index is 11.4. The highest BCUT2D eigenvalue weighted by molar-refractivity contribution is 5.74. The van der Waals surface area contributed by atoms with Crippen molar-refractivity contribution in [1.82, 2.24) is 5.32 Å². The van der Waals surface area contributed by atoms with E-state index in [2.05, 4.69) is 17.6 Å². The Kier molecular flexibility index (Phi) is 7.30. The first-order chi connectivity index (χ1) is 9.59. The van der Waals surface area contributed by atoms with Gasteiger partial charge in [0.15, 0.2) is 0 Å². The predicted molar refractivity (Wildman–Crippen MR) is 85.8 cm³/mol. The summed E-state index contributed by atoms with van der Waals surface area (Å²) >= 11 is 0. The Balaban J connectivity index is 2.12. The molecule has 0 atom stereocenters. The summed E-state index contributed by atoms with van der Waals surface area (Å²) in [6.07, 6.45) is 6.03. The van der Waals surface area contributed by atoms with E-state index in [-0.39, 0.29) is 10.9 Å². The van der Waals surface area contributed by atoms with Gasteiger partial charge in [0.05, 0.1) is 0 Å². The second kappa shape index (κ2) is 8.74. The SMILES string of the molecule is CCCCCCNCCCNc1c(N(C)C)c(=O)c1=O. The van der Waals surface area contributed by atoms with Gasteiger partial charge in [-0.1, -0.05) is 26.2 Å². The zero-order valence-corrected chi connectivity index (χ0v) is 12.9. The summed E-state index contributed by atoms with van der Waals surface area (Å²) < 4.78 is 0. The van der Waals surface area contributed by atoms with Gasteiger partial charge in [-0.05, 0) is 25.9 Å². The largest absolute Gasteiger partial charge is 0.380 e. The van der Waals surface area contributed by atoms with E-state index in [0.717, 1.165) is 19.5 Å². The molecule has 0 amide bonds. The second-order valence-electron chi connectivity index (χ2n) is 5.37. The molecule has 0 bridgehead atoms. The summed E-state index contributed by atoms with van der Waals surface area (Å²) in [6.45, 7) is 4.92. The molecule has 0 unspecified atom stereocenters. The Morgan fingerprint density at radius 2 is 1.60 bits per heavy atom. The molecule has 1 aromatic carbocycles. The van der Waals surface area contributed by atoms with Crippen LogP contribution in [0.4, 0.5) is 11.4 Å². The van der Waals surface area contributed by atoms with Crippen molar-refractivity contribution in [3.63, 3.8) is 0 Å². The molecule has 1 rings (SSSR count). The lowest BCUT2D eigenvalue weighted by Crippen LogP contribution is -2.40. The molecule has 0 radical (unpaired) electrons. The first kappa shape index (κ1) is 16.7. The van der Waals surface area contributed by atoms with Gasteiger partial charge in [-0.15, -0.1) is 0 Å². The number of rotatable bonds is 11. The average molecular weight is 281 g/mol. The van der Waals surface area contributed by atoms with Crippen molar-refractivity contribution in [1.29, 1.82) is 0 Å². The molecule has 0 spiro atoms. The molecule has 114 valence electrons. The third kappa shape index (κ3) is 4.63. The molecule has 0 aliphatic heterocycles. The third-order valence-corrected chi connectivity index (χ3v) is 3.37. The summed E-state index contributed by atoms with van der Waals surface area (Å²) in [5.74, 6) is 0. The van der Waals surface area contributed by atoms with Crippen molar-refractivity contribution in [2.24, 2.45) is 0 Å². The number of hydrogen-bond donors (Lipinski definition) is 2. The van der Waals surface area contributed by atoms with E-state index in [9.17, 15) is 9.59 Å². The molecule has 20 heavy (non-hydrogen) atoms. The first-order valence-electron chi connectivity index (χ1n) is 7.54. The van der Waals surface area contributed by atoms with Crippen molar-refractivity contribution in [2.45, 2.75) is 39.0 Å². The van der Waals surface area contributed by atoms with Gasteiger partial charge in [0.1, 0.15) is 11.4 Å². The second-order valence-corrected chi connectivity index (χ2v) is 5.37. The molecule has 0 saturated heterocycles. The van der Waals surface area contributed by atoms with Crippen molar-refractivity contribution in [3.8, 4) is 0 Å². The maximum Gasteiger partial charge on any atom is 0.253 e. The van der Waals surface area contributed by atoms with Crippen LogP contribution in [0.25, 0.3) is 0 Å². The summed E-state index contributed by atoms with van der Waals surface area (Å²) in [5.41, 5.74) is 0.207. The zero-order chi connectivity index (χ0) is 15.0. The fourth-order valence-electron chi connectivity index (χ4n) is 2.20. The molecule has 0 heterocycles. The minimum Gasteiger partial charge on any atom is -0.380 e. The Morgan fingerprint density at radius 1 is 0.900 bits per heavy atom. The molecular weight excluding hydrogens is 254 g/mol. The van der Waals surface area contributed by atoms with Gasteiger partial charge in [-0.3, -0.25) is 9.59 Å². The summed E-state index contributed by atoms with van der Waals surface area (Å²) in [5, 5.41) is 6.46. The summed E-state index contributed by atoms with van der Waals surface area (Å²) in [6, 6.07) is 0. The van der Waals surface area contributed by atoms with Crippen molar-refractivity contribution < 1.29 is 0 Å². The van der Waals surface area contributed by atoms with Gasteiger partial charge in [0, 0.05) is 20.6 Å². The van der Waals surface area contributed by atoms with Crippen LogP contribution in [0.3, 0.4) is 0 Å². The van der Waals surface area contributed by atoms with Gasteiger partial charge >= 0.3 is 0 Å². The average Bonchev–Trinajstić information content (AvgIpc) is 2.43. The highest BCUT2D eigenvalue weighted by Crippen LogP contribution is 2.16. The standard InChI is InChI=1S/C15H27N3O2/c1-4-5-6-7-9-16-10-8-11-17-12-13(18(2)3)15(20)14(12)19/h16-17H,4-11H2,1-3H3. The quantitative estimate of drug-likeness (QED) is 0.473. The summed E-state index contributed by atoms with van der Waals surface area (Å²) in [4.78, 5) is 24.5. The Bertz CT molecular complexity index is 462. The molecule has 0 saturated carbocycles. The highest BCUT2D eigenvalue weighted by Gasteiger charge is 2.21. The van der Waals surface area contributed by atoms with Gasteiger partial charge in [0.2, 0.25) is 0 Å². The predicted octanol–water partition coefficient (Wildman–Crippen LogP) is 1.32. The normalized spacial score (nSPS) is 10.9. The molecule has 0 aromatic heterocycles. The topological polar surface area (TPSA) is 61.4 Å². The van der Waals surface area contributed by atoms with Crippen LogP contribution in [-0.2, 0) is 0 Å². The van der Waals surface area contributed by atoms with Crippen molar-refractivity contribution in [3.05, 3.63) is 20.4 Å². The van der Waals surface area contributed by atoms with E-state index < -0.39 is 0 Å². The van der Waals surface area contributed by atoms with Crippen LogP contribution in [-0.4, -0.2) is 33.7 Å². The number of nitrogens with one attached hydrogen (secondary N) is 2. The van der Waals surface area contributed by atoms with Gasteiger partial charge in [-0.25, -0.2) is 0 Å². The lowest BCUT2D eigenvalue weighted by Gasteiger charge is -2.19. The van der Waals surface area contributed by atoms with E-state index in [1.165, 1.54) is 25.7 Å². The lowest BCUT2D eigenvalue weighted by atomic mass is 10.1. The maximum atomic E-state index is 11.4. The van der Waals surface area contributed by atoms with Crippen molar-refractivity contribution >= 4 is 11.4 Å². The zero-order valence-electron chi connectivity index (χ0n) is 12.9. The van der Waals surface area contributed by atoms with Gasteiger partial charge < -0.3 is 15.5 Å². The van der Waals surface area contributed by atoms with Crippen LogP contribution in [0, 0.1) is 0 Å². The van der Waals surface area contributed by atoms with Crippen LogP contribution in [0.1, 0.15) is 39.0 Å².